The fraction of sp³-hybridized carbons (Fsp3) is 0.467. The van der Waals surface area contributed by atoms with E-state index in [0.717, 1.165) is 0 Å². The van der Waals surface area contributed by atoms with E-state index in [4.69, 9.17) is 21.1 Å². The predicted octanol–water partition coefficient (Wildman–Crippen LogP) is 2.72. The first-order valence-electron chi connectivity index (χ1n) is 6.66. The molecule has 0 unspecified atom stereocenters. The lowest BCUT2D eigenvalue weighted by atomic mass is 9.93. The van der Waals surface area contributed by atoms with Crippen LogP contribution in [0.1, 0.15) is 25.8 Å². The van der Waals surface area contributed by atoms with Gasteiger partial charge in [-0.2, -0.15) is 0 Å². The van der Waals surface area contributed by atoms with Gasteiger partial charge in [0.1, 0.15) is 5.41 Å². The fourth-order valence-electron chi connectivity index (χ4n) is 2.48. The van der Waals surface area contributed by atoms with Crippen molar-refractivity contribution in [3.63, 3.8) is 0 Å². The van der Waals surface area contributed by atoms with Crippen molar-refractivity contribution < 1.29 is 19.1 Å². The highest BCUT2D eigenvalue weighted by molar-refractivity contribution is 6.30. The van der Waals surface area contributed by atoms with Crippen LogP contribution >= 0.6 is 11.6 Å². The van der Waals surface area contributed by atoms with Gasteiger partial charge < -0.3 is 9.47 Å². The Morgan fingerprint density at radius 1 is 1.30 bits per heavy atom. The van der Waals surface area contributed by atoms with Gasteiger partial charge in [0.2, 0.25) is 0 Å². The maximum Gasteiger partial charge on any atom is 0.317 e. The standard InChI is InChI=1S/C15H17ClO4/c1-3-19-13(17)12-9-15(12,14(18)20-4-2)10-6-5-7-11(16)8-10/h5-8,12H,3-4,9H2,1-2H3/t12-,15-/m0/s1. The summed E-state index contributed by atoms with van der Waals surface area (Å²) < 4.78 is 10.2. The van der Waals surface area contributed by atoms with Gasteiger partial charge in [0, 0.05) is 5.02 Å². The van der Waals surface area contributed by atoms with Crippen LogP contribution in [0.15, 0.2) is 24.3 Å². The van der Waals surface area contributed by atoms with Crippen molar-refractivity contribution in [2.75, 3.05) is 13.2 Å². The van der Waals surface area contributed by atoms with Crippen molar-refractivity contribution in [3.05, 3.63) is 34.9 Å². The molecule has 0 heterocycles. The normalized spacial score (nSPS) is 24.1. The van der Waals surface area contributed by atoms with Crippen molar-refractivity contribution in [3.8, 4) is 0 Å². The number of hydrogen-bond acceptors (Lipinski definition) is 4. The van der Waals surface area contributed by atoms with E-state index in [0.29, 0.717) is 23.6 Å². The average Bonchev–Trinajstić information content (AvgIpc) is 3.16. The van der Waals surface area contributed by atoms with Crippen molar-refractivity contribution >= 4 is 23.5 Å². The molecular weight excluding hydrogens is 280 g/mol. The molecule has 4 nitrogen and oxygen atoms in total. The third-order valence-corrected chi connectivity index (χ3v) is 3.75. The van der Waals surface area contributed by atoms with Gasteiger partial charge in [-0.15, -0.1) is 0 Å². The van der Waals surface area contributed by atoms with Crippen LogP contribution in [0.25, 0.3) is 0 Å². The number of hydrogen-bond donors (Lipinski definition) is 0. The number of halogens is 1. The molecule has 20 heavy (non-hydrogen) atoms. The molecule has 0 amide bonds. The Hall–Kier alpha value is -1.55. The van der Waals surface area contributed by atoms with Crippen molar-refractivity contribution in [1.29, 1.82) is 0 Å². The van der Waals surface area contributed by atoms with E-state index in [2.05, 4.69) is 0 Å². The minimum atomic E-state index is -0.937. The summed E-state index contributed by atoms with van der Waals surface area (Å²) >= 11 is 5.98. The zero-order chi connectivity index (χ0) is 14.8. The molecule has 0 aromatic heterocycles. The van der Waals surface area contributed by atoms with Crippen molar-refractivity contribution in [2.24, 2.45) is 5.92 Å². The minimum Gasteiger partial charge on any atom is -0.466 e. The molecule has 1 aliphatic rings. The number of carbonyl (C=O) groups is 2. The number of rotatable bonds is 5. The number of esters is 2. The molecule has 2 rings (SSSR count). The lowest BCUT2D eigenvalue weighted by Crippen LogP contribution is -2.28. The molecule has 1 aromatic carbocycles. The monoisotopic (exact) mass is 296 g/mol. The summed E-state index contributed by atoms with van der Waals surface area (Å²) in [6.45, 7) is 4.05. The Bertz CT molecular complexity index is 528. The van der Waals surface area contributed by atoms with E-state index in [1.165, 1.54) is 0 Å². The summed E-state index contributed by atoms with van der Waals surface area (Å²) in [6, 6.07) is 6.99. The molecule has 2 atom stereocenters. The highest BCUT2D eigenvalue weighted by atomic mass is 35.5. The molecule has 0 N–H and O–H groups in total. The zero-order valence-electron chi connectivity index (χ0n) is 11.5. The van der Waals surface area contributed by atoms with E-state index in [1.807, 2.05) is 0 Å². The molecular formula is C15H17ClO4. The van der Waals surface area contributed by atoms with Crippen LogP contribution in [0.4, 0.5) is 0 Å². The van der Waals surface area contributed by atoms with Crippen LogP contribution in [0.5, 0.6) is 0 Å². The second-order valence-corrected chi connectivity index (χ2v) is 5.15. The molecule has 5 heteroatoms. The summed E-state index contributed by atoms with van der Waals surface area (Å²) in [7, 11) is 0. The fourth-order valence-corrected chi connectivity index (χ4v) is 2.67. The molecule has 0 aliphatic heterocycles. The molecule has 0 bridgehead atoms. The largest absolute Gasteiger partial charge is 0.466 e. The lowest BCUT2D eigenvalue weighted by molar-refractivity contribution is -0.152. The van der Waals surface area contributed by atoms with Crippen molar-refractivity contribution in [1.82, 2.24) is 0 Å². The van der Waals surface area contributed by atoms with Gasteiger partial charge in [-0.25, -0.2) is 0 Å². The maximum absolute atomic E-state index is 12.3. The van der Waals surface area contributed by atoms with E-state index in [-0.39, 0.29) is 18.5 Å². The van der Waals surface area contributed by atoms with Gasteiger partial charge in [-0.3, -0.25) is 9.59 Å². The second-order valence-electron chi connectivity index (χ2n) is 4.71. The summed E-state index contributed by atoms with van der Waals surface area (Å²) in [5, 5.41) is 0.528. The van der Waals surface area contributed by atoms with Crippen LogP contribution in [0, 0.1) is 5.92 Å². The highest BCUT2D eigenvalue weighted by Crippen LogP contribution is 2.56. The van der Waals surface area contributed by atoms with E-state index in [9.17, 15) is 9.59 Å². The summed E-state index contributed by atoms with van der Waals surface area (Å²) in [6.07, 6.45) is 0.408. The maximum atomic E-state index is 12.3. The van der Waals surface area contributed by atoms with E-state index >= 15 is 0 Å². The van der Waals surface area contributed by atoms with Gasteiger partial charge >= 0.3 is 11.9 Å². The Morgan fingerprint density at radius 2 is 2.00 bits per heavy atom. The highest BCUT2D eigenvalue weighted by Gasteiger charge is 2.66. The third kappa shape index (κ3) is 2.52. The van der Waals surface area contributed by atoms with Gasteiger partial charge in [0.05, 0.1) is 19.1 Å². The first-order chi connectivity index (χ1) is 9.56. The average molecular weight is 297 g/mol. The van der Waals surface area contributed by atoms with Crippen LogP contribution in [-0.4, -0.2) is 25.2 Å². The van der Waals surface area contributed by atoms with Crippen LogP contribution in [0.3, 0.4) is 0 Å². The zero-order valence-corrected chi connectivity index (χ0v) is 12.3. The smallest absolute Gasteiger partial charge is 0.317 e. The van der Waals surface area contributed by atoms with Gasteiger partial charge in [0.25, 0.3) is 0 Å². The number of benzene rings is 1. The van der Waals surface area contributed by atoms with Gasteiger partial charge in [-0.05, 0) is 38.0 Å². The van der Waals surface area contributed by atoms with Crippen LogP contribution in [0.2, 0.25) is 5.02 Å². The predicted molar refractivity (Wildman–Crippen MR) is 74.5 cm³/mol. The Balaban J connectivity index is 2.33. The van der Waals surface area contributed by atoms with E-state index in [1.54, 1.807) is 38.1 Å². The second kappa shape index (κ2) is 5.83. The molecule has 108 valence electrons. The quantitative estimate of drug-likeness (QED) is 0.784. The lowest BCUT2D eigenvalue weighted by Gasteiger charge is -2.16. The minimum absolute atomic E-state index is 0.274. The molecule has 1 fully saturated rings. The molecule has 1 aliphatic carbocycles. The topological polar surface area (TPSA) is 52.6 Å². The van der Waals surface area contributed by atoms with Crippen LogP contribution in [-0.2, 0) is 24.5 Å². The Morgan fingerprint density at radius 3 is 2.60 bits per heavy atom. The molecule has 1 aromatic rings. The molecule has 0 radical (unpaired) electrons. The van der Waals surface area contributed by atoms with Gasteiger partial charge in [-0.1, -0.05) is 23.7 Å². The Labute approximate surface area is 123 Å². The van der Waals surface area contributed by atoms with Crippen molar-refractivity contribution in [2.45, 2.75) is 25.7 Å². The van der Waals surface area contributed by atoms with Gasteiger partial charge in [0.15, 0.2) is 0 Å². The number of ether oxygens (including phenoxy) is 2. The van der Waals surface area contributed by atoms with E-state index < -0.39 is 11.3 Å². The summed E-state index contributed by atoms with van der Waals surface area (Å²) in [4.78, 5) is 24.2. The summed E-state index contributed by atoms with van der Waals surface area (Å²) in [5.74, 6) is -1.24. The first-order valence-corrected chi connectivity index (χ1v) is 7.04. The third-order valence-electron chi connectivity index (χ3n) is 3.51. The SMILES string of the molecule is CCOC(=O)[C@@H]1C[C@]1(C(=O)OCC)c1cccc(Cl)c1. The Kier molecular flexibility index (Phi) is 4.33. The summed E-state index contributed by atoms with van der Waals surface area (Å²) in [5.41, 5.74) is -0.228. The molecule has 0 saturated heterocycles. The molecule has 1 saturated carbocycles. The van der Waals surface area contributed by atoms with Crippen LogP contribution < -0.4 is 0 Å². The molecule has 0 spiro atoms. The first kappa shape index (κ1) is 14.9. The number of carbonyl (C=O) groups excluding carboxylic acids is 2.